The minimum Gasteiger partial charge on any atom is -0.369 e. The van der Waals surface area contributed by atoms with Crippen molar-refractivity contribution in [1.29, 1.82) is 0 Å². The van der Waals surface area contributed by atoms with E-state index in [4.69, 9.17) is 0 Å². The average molecular weight is 234 g/mol. The largest absolute Gasteiger partial charge is 0.369 e. The monoisotopic (exact) mass is 234 g/mol. The molecule has 0 radical (unpaired) electrons. The maximum atomic E-state index is 3.31. The molecular formula is C15H26N2. The molecule has 0 bridgehead atoms. The first-order chi connectivity index (χ1) is 8.10. The second-order valence-corrected chi connectivity index (χ2v) is 4.85. The number of benzene rings is 1. The van der Waals surface area contributed by atoms with Crippen molar-refractivity contribution in [3.8, 4) is 0 Å². The van der Waals surface area contributed by atoms with E-state index in [0.717, 1.165) is 6.54 Å². The molecule has 0 aliphatic rings. The lowest BCUT2D eigenvalue weighted by Crippen LogP contribution is -2.38. The number of nitrogens with one attached hydrogen (secondary N) is 1. The van der Waals surface area contributed by atoms with Crippen LogP contribution in [0.1, 0.15) is 32.8 Å². The second-order valence-electron chi connectivity index (χ2n) is 4.85. The maximum Gasteiger partial charge on any atom is 0.0398 e. The summed E-state index contributed by atoms with van der Waals surface area (Å²) in [4.78, 5) is 2.49. The van der Waals surface area contributed by atoms with Crippen LogP contribution in [-0.2, 0) is 0 Å². The molecule has 1 N–H and O–H groups in total. The second kappa shape index (κ2) is 6.65. The van der Waals surface area contributed by atoms with Gasteiger partial charge < -0.3 is 10.2 Å². The molecule has 0 heterocycles. The summed E-state index contributed by atoms with van der Waals surface area (Å²) in [6.45, 7) is 10.0. The molecule has 0 fully saturated rings. The smallest absolute Gasteiger partial charge is 0.0398 e. The van der Waals surface area contributed by atoms with Crippen LogP contribution in [-0.4, -0.2) is 25.7 Å². The Morgan fingerprint density at radius 3 is 2.41 bits per heavy atom. The van der Waals surface area contributed by atoms with Crippen LogP contribution in [0.3, 0.4) is 0 Å². The van der Waals surface area contributed by atoms with E-state index in [1.165, 1.54) is 17.7 Å². The van der Waals surface area contributed by atoms with Crippen LogP contribution in [0, 0.1) is 6.92 Å². The topological polar surface area (TPSA) is 15.3 Å². The molecule has 1 rings (SSSR count). The van der Waals surface area contributed by atoms with Gasteiger partial charge in [-0.15, -0.1) is 0 Å². The third-order valence-corrected chi connectivity index (χ3v) is 3.49. The lowest BCUT2D eigenvalue weighted by Gasteiger charge is -2.33. The first kappa shape index (κ1) is 14.0. The van der Waals surface area contributed by atoms with E-state index >= 15 is 0 Å². The Kier molecular flexibility index (Phi) is 5.49. The van der Waals surface area contributed by atoms with Crippen molar-refractivity contribution in [3.63, 3.8) is 0 Å². The fraction of sp³-hybridized carbons (Fsp3) is 0.600. The molecule has 2 heteroatoms. The molecule has 1 aromatic rings. The predicted molar refractivity (Wildman–Crippen MR) is 76.8 cm³/mol. The van der Waals surface area contributed by atoms with Crippen molar-refractivity contribution in [1.82, 2.24) is 5.32 Å². The van der Waals surface area contributed by atoms with Crippen LogP contribution in [0.2, 0.25) is 0 Å². The molecule has 0 aromatic heterocycles. The van der Waals surface area contributed by atoms with Gasteiger partial charge in [0.1, 0.15) is 0 Å². The molecule has 0 saturated heterocycles. The Labute approximate surface area is 106 Å². The van der Waals surface area contributed by atoms with Gasteiger partial charge in [-0.25, -0.2) is 0 Å². The minimum absolute atomic E-state index is 0.558. The Morgan fingerprint density at radius 1 is 1.24 bits per heavy atom. The number of nitrogens with zero attached hydrogens (tertiary/aromatic N) is 1. The van der Waals surface area contributed by atoms with Gasteiger partial charge in [0.2, 0.25) is 0 Å². The summed E-state index contributed by atoms with van der Waals surface area (Å²) in [5, 5.41) is 3.31. The van der Waals surface area contributed by atoms with E-state index < -0.39 is 0 Å². The van der Waals surface area contributed by atoms with Crippen molar-refractivity contribution in [2.75, 3.05) is 18.5 Å². The van der Waals surface area contributed by atoms with Crippen LogP contribution in [0.15, 0.2) is 24.3 Å². The lowest BCUT2D eigenvalue weighted by atomic mass is 10.1. The van der Waals surface area contributed by atoms with Gasteiger partial charge in [0.15, 0.2) is 0 Å². The molecule has 2 atom stereocenters. The Balaban J connectivity index is 2.81. The molecule has 0 aliphatic heterocycles. The van der Waals surface area contributed by atoms with Crippen LogP contribution in [0.25, 0.3) is 0 Å². The number of aryl methyl sites for hydroxylation is 1. The van der Waals surface area contributed by atoms with Gasteiger partial charge in [0.05, 0.1) is 0 Å². The van der Waals surface area contributed by atoms with E-state index in [0.29, 0.717) is 12.1 Å². The first-order valence-electron chi connectivity index (χ1n) is 6.59. The van der Waals surface area contributed by atoms with E-state index in [2.05, 4.69) is 62.2 Å². The third-order valence-electron chi connectivity index (χ3n) is 3.49. The highest BCUT2D eigenvalue weighted by Crippen LogP contribution is 2.22. The Morgan fingerprint density at radius 2 is 1.88 bits per heavy atom. The normalized spacial score (nSPS) is 14.4. The molecule has 17 heavy (non-hydrogen) atoms. The van der Waals surface area contributed by atoms with Crippen LogP contribution < -0.4 is 10.2 Å². The summed E-state index contributed by atoms with van der Waals surface area (Å²) in [5.74, 6) is 0. The number of rotatable bonds is 6. The van der Waals surface area contributed by atoms with Crippen molar-refractivity contribution < 1.29 is 0 Å². The average Bonchev–Trinajstić information content (AvgIpc) is 2.32. The fourth-order valence-electron chi connectivity index (χ4n) is 2.36. The molecule has 0 saturated carbocycles. The molecule has 1 aromatic carbocycles. The standard InChI is InChI=1S/C15H26N2/c1-6-17(14(4)11-13(3)16-5)15-10-8-7-9-12(15)2/h7-10,13-14,16H,6,11H2,1-5H3. The lowest BCUT2D eigenvalue weighted by molar-refractivity contribution is 0.490. The fourth-order valence-corrected chi connectivity index (χ4v) is 2.36. The zero-order chi connectivity index (χ0) is 12.8. The molecule has 0 spiro atoms. The summed E-state index contributed by atoms with van der Waals surface area (Å²) in [5.41, 5.74) is 2.73. The van der Waals surface area contributed by atoms with Gasteiger partial charge in [0, 0.05) is 24.3 Å². The highest BCUT2D eigenvalue weighted by atomic mass is 15.2. The SMILES string of the molecule is CCN(c1ccccc1C)C(C)CC(C)NC. The van der Waals surface area contributed by atoms with E-state index in [1.54, 1.807) is 0 Å². The third kappa shape index (κ3) is 3.74. The Bertz CT molecular complexity index is 335. The Hall–Kier alpha value is -1.02. The van der Waals surface area contributed by atoms with Crippen molar-refractivity contribution in [3.05, 3.63) is 29.8 Å². The van der Waals surface area contributed by atoms with Crippen LogP contribution >= 0.6 is 0 Å². The predicted octanol–water partition coefficient (Wildman–Crippen LogP) is 3.21. The van der Waals surface area contributed by atoms with Crippen molar-refractivity contribution in [2.24, 2.45) is 0 Å². The quantitative estimate of drug-likeness (QED) is 0.813. The zero-order valence-corrected chi connectivity index (χ0v) is 11.8. The summed E-state index contributed by atoms with van der Waals surface area (Å²) >= 11 is 0. The number of hydrogen-bond acceptors (Lipinski definition) is 2. The molecule has 2 nitrogen and oxygen atoms in total. The summed E-state index contributed by atoms with van der Waals surface area (Å²) in [7, 11) is 2.03. The molecular weight excluding hydrogens is 208 g/mol. The van der Waals surface area contributed by atoms with Crippen molar-refractivity contribution >= 4 is 5.69 Å². The van der Waals surface area contributed by atoms with Gasteiger partial charge >= 0.3 is 0 Å². The zero-order valence-electron chi connectivity index (χ0n) is 11.8. The maximum absolute atomic E-state index is 3.31. The highest BCUT2D eigenvalue weighted by molar-refractivity contribution is 5.53. The van der Waals surface area contributed by atoms with Crippen molar-refractivity contribution in [2.45, 2.75) is 46.2 Å². The van der Waals surface area contributed by atoms with Gasteiger partial charge in [-0.3, -0.25) is 0 Å². The van der Waals surface area contributed by atoms with E-state index in [9.17, 15) is 0 Å². The van der Waals surface area contributed by atoms with Gasteiger partial charge in [-0.1, -0.05) is 18.2 Å². The minimum atomic E-state index is 0.558. The molecule has 2 unspecified atom stereocenters. The first-order valence-corrected chi connectivity index (χ1v) is 6.59. The van der Waals surface area contributed by atoms with Gasteiger partial charge in [-0.05, 0) is 52.8 Å². The molecule has 96 valence electrons. The number of para-hydroxylation sites is 1. The van der Waals surface area contributed by atoms with Gasteiger partial charge in [0.25, 0.3) is 0 Å². The number of hydrogen-bond donors (Lipinski definition) is 1. The summed E-state index contributed by atoms with van der Waals surface area (Å²) in [6, 6.07) is 9.75. The highest BCUT2D eigenvalue weighted by Gasteiger charge is 2.16. The van der Waals surface area contributed by atoms with E-state index in [1.807, 2.05) is 7.05 Å². The molecule has 0 amide bonds. The summed E-state index contributed by atoms with van der Waals surface area (Å²) < 4.78 is 0. The molecule has 0 aliphatic carbocycles. The number of anilines is 1. The van der Waals surface area contributed by atoms with Crippen LogP contribution in [0.4, 0.5) is 5.69 Å². The van der Waals surface area contributed by atoms with Crippen LogP contribution in [0.5, 0.6) is 0 Å². The summed E-state index contributed by atoms with van der Waals surface area (Å²) in [6.07, 6.45) is 1.17. The van der Waals surface area contributed by atoms with Gasteiger partial charge in [-0.2, -0.15) is 0 Å². The van der Waals surface area contributed by atoms with E-state index in [-0.39, 0.29) is 0 Å².